The van der Waals surface area contributed by atoms with Gasteiger partial charge in [0.15, 0.2) is 0 Å². The van der Waals surface area contributed by atoms with Crippen molar-refractivity contribution >= 4 is 11.0 Å². The topological polar surface area (TPSA) is 61.3 Å². The quantitative estimate of drug-likeness (QED) is 0.901. The molecule has 1 saturated heterocycles. The number of nitrogens with zero attached hydrogens (tertiary/aromatic N) is 2. The first-order chi connectivity index (χ1) is 10.2. The zero-order valence-corrected chi connectivity index (χ0v) is 12.5. The standard InChI is InChI=1S/C16H23N3O2/c1-2-13(20)11-18-9-7-12(8-10-18)19-15-6-4-3-5-14(15)17-16(19)21/h3-6,12-13,20H,2,7-11H2,1H3,(H,17,21)/t13-/m0/s1. The lowest BCUT2D eigenvalue weighted by molar-refractivity contribution is 0.0882. The van der Waals surface area contributed by atoms with E-state index in [0.717, 1.165) is 49.9 Å². The van der Waals surface area contributed by atoms with E-state index in [0.29, 0.717) is 0 Å². The number of H-pyrrole nitrogens is 1. The van der Waals surface area contributed by atoms with Gasteiger partial charge in [-0.15, -0.1) is 0 Å². The monoisotopic (exact) mass is 289 g/mol. The first kappa shape index (κ1) is 14.4. The number of hydrogen-bond donors (Lipinski definition) is 2. The summed E-state index contributed by atoms with van der Waals surface area (Å²) in [6.07, 6.45) is 2.47. The number of aliphatic hydroxyl groups excluding tert-OH is 1. The van der Waals surface area contributed by atoms with Crippen molar-refractivity contribution in [1.82, 2.24) is 14.5 Å². The van der Waals surface area contributed by atoms with E-state index in [-0.39, 0.29) is 17.8 Å². The van der Waals surface area contributed by atoms with E-state index >= 15 is 0 Å². The molecule has 3 rings (SSSR count). The lowest BCUT2D eigenvalue weighted by atomic mass is 10.0. The number of β-amino-alcohol motifs (C(OH)–C–C–N with tert-alkyl or cyclic N) is 1. The average Bonchev–Trinajstić information content (AvgIpc) is 2.84. The van der Waals surface area contributed by atoms with E-state index in [9.17, 15) is 9.90 Å². The van der Waals surface area contributed by atoms with Crippen LogP contribution in [0.3, 0.4) is 0 Å². The van der Waals surface area contributed by atoms with Crippen LogP contribution in [-0.4, -0.2) is 45.3 Å². The van der Waals surface area contributed by atoms with E-state index in [1.165, 1.54) is 0 Å². The highest BCUT2D eigenvalue weighted by molar-refractivity contribution is 5.75. The van der Waals surface area contributed by atoms with Crippen molar-refractivity contribution in [3.8, 4) is 0 Å². The Morgan fingerprint density at radius 3 is 2.76 bits per heavy atom. The average molecular weight is 289 g/mol. The smallest absolute Gasteiger partial charge is 0.326 e. The Hall–Kier alpha value is -1.59. The lowest BCUT2D eigenvalue weighted by Crippen LogP contribution is -2.40. The predicted molar refractivity (Wildman–Crippen MR) is 83.6 cm³/mol. The van der Waals surface area contributed by atoms with Crippen molar-refractivity contribution in [2.75, 3.05) is 19.6 Å². The van der Waals surface area contributed by atoms with Gasteiger partial charge in [-0.05, 0) is 31.4 Å². The molecule has 0 amide bonds. The Balaban J connectivity index is 1.74. The van der Waals surface area contributed by atoms with E-state index < -0.39 is 0 Å². The molecule has 5 heteroatoms. The maximum Gasteiger partial charge on any atom is 0.326 e. The van der Waals surface area contributed by atoms with Crippen LogP contribution in [0.5, 0.6) is 0 Å². The minimum atomic E-state index is -0.239. The summed E-state index contributed by atoms with van der Waals surface area (Å²) >= 11 is 0. The number of piperidine rings is 1. The zero-order valence-electron chi connectivity index (χ0n) is 12.5. The van der Waals surface area contributed by atoms with Crippen LogP contribution in [0, 0.1) is 0 Å². The van der Waals surface area contributed by atoms with Gasteiger partial charge in [-0.2, -0.15) is 0 Å². The van der Waals surface area contributed by atoms with Crippen LogP contribution in [0.25, 0.3) is 11.0 Å². The Morgan fingerprint density at radius 1 is 1.33 bits per heavy atom. The first-order valence-electron chi connectivity index (χ1n) is 7.78. The van der Waals surface area contributed by atoms with Crippen LogP contribution in [0.1, 0.15) is 32.2 Å². The molecule has 2 N–H and O–H groups in total. The Morgan fingerprint density at radius 2 is 2.05 bits per heavy atom. The van der Waals surface area contributed by atoms with Crippen LogP contribution in [0.4, 0.5) is 0 Å². The van der Waals surface area contributed by atoms with Crippen molar-refractivity contribution in [3.63, 3.8) is 0 Å². The number of aliphatic hydroxyl groups is 1. The molecule has 5 nitrogen and oxygen atoms in total. The largest absolute Gasteiger partial charge is 0.392 e. The van der Waals surface area contributed by atoms with E-state index in [2.05, 4.69) is 9.88 Å². The molecule has 21 heavy (non-hydrogen) atoms. The minimum Gasteiger partial charge on any atom is -0.392 e. The maximum atomic E-state index is 12.2. The van der Waals surface area contributed by atoms with Crippen molar-refractivity contribution in [3.05, 3.63) is 34.7 Å². The zero-order chi connectivity index (χ0) is 14.8. The van der Waals surface area contributed by atoms with Gasteiger partial charge in [0.05, 0.1) is 17.1 Å². The van der Waals surface area contributed by atoms with E-state index in [1.54, 1.807) is 0 Å². The van der Waals surface area contributed by atoms with Gasteiger partial charge in [-0.25, -0.2) is 4.79 Å². The third-order valence-electron chi connectivity index (χ3n) is 4.49. The van der Waals surface area contributed by atoms with Crippen LogP contribution < -0.4 is 5.69 Å². The second-order valence-corrected chi connectivity index (χ2v) is 5.91. The fourth-order valence-corrected chi connectivity index (χ4v) is 3.22. The number of para-hydroxylation sites is 2. The normalized spacial score (nSPS) is 19.1. The Bertz CT molecular complexity index is 653. The first-order valence-corrected chi connectivity index (χ1v) is 7.78. The molecule has 1 aromatic carbocycles. The SMILES string of the molecule is CC[C@H](O)CN1CCC(n2c(=O)[nH]c3ccccc32)CC1. The molecule has 1 fully saturated rings. The van der Waals surface area contributed by atoms with Gasteiger partial charge in [-0.3, -0.25) is 4.57 Å². The number of aromatic amines is 1. The molecule has 1 aliphatic rings. The van der Waals surface area contributed by atoms with Crippen molar-refractivity contribution < 1.29 is 5.11 Å². The summed E-state index contributed by atoms with van der Waals surface area (Å²) in [6, 6.07) is 8.11. The van der Waals surface area contributed by atoms with Gasteiger partial charge in [0, 0.05) is 25.7 Å². The summed E-state index contributed by atoms with van der Waals surface area (Å²) in [5.41, 5.74) is 1.89. The van der Waals surface area contributed by atoms with Gasteiger partial charge in [-0.1, -0.05) is 19.1 Å². The van der Waals surface area contributed by atoms with Gasteiger partial charge >= 0.3 is 5.69 Å². The molecule has 1 aromatic heterocycles. The van der Waals surface area contributed by atoms with Gasteiger partial charge in [0.25, 0.3) is 0 Å². The highest BCUT2D eigenvalue weighted by Crippen LogP contribution is 2.24. The fraction of sp³-hybridized carbons (Fsp3) is 0.562. The number of benzene rings is 1. The molecule has 1 aliphatic heterocycles. The maximum absolute atomic E-state index is 12.2. The summed E-state index contributed by atoms with van der Waals surface area (Å²) in [5.74, 6) is 0. The second kappa shape index (κ2) is 6.03. The molecule has 0 unspecified atom stereocenters. The minimum absolute atomic E-state index is 0.0109. The summed E-state index contributed by atoms with van der Waals surface area (Å²) in [4.78, 5) is 17.4. The van der Waals surface area contributed by atoms with Crippen molar-refractivity contribution in [2.24, 2.45) is 0 Å². The third kappa shape index (κ3) is 2.89. The third-order valence-corrected chi connectivity index (χ3v) is 4.49. The molecule has 1 atom stereocenters. The lowest BCUT2D eigenvalue weighted by Gasteiger charge is -2.33. The molecule has 0 radical (unpaired) electrons. The summed E-state index contributed by atoms with van der Waals surface area (Å²) in [6.45, 7) is 4.62. The molecule has 0 spiro atoms. The van der Waals surface area contributed by atoms with Crippen LogP contribution >= 0.6 is 0 Å². The number of fused-ring (bicyclic) bond motifs is 1. The molecule has 2 heterocycles. The number of nitrogens with one attached hydrogen (secondary N) is 1. The van der Waals surface area contributed by atoms with Gasteiger partial charge in [0.1, 0.15) is 0 Å². The molecule has 2 aromatic rings. The number of hydrogen-bond acceptors (Lipinski definition) is 3. The molecular weight excluding hydrogens is 266 g/mol. The van der Waals surface area contributed by atoms with E-state index in [4.69, 9.17) is 0 Å². The summed E-state index contributed by atoms with van der Waals surface area (Å²) < 4.78 is 1.91. The van der Waals surface area contributed by atoms with E-state index in [1.807, 2.05) is 35.8 Å². The number of rotatable bonds is 4. The second-order valence-electron chi connectivity index (χ2n) is 5.91. The molecule has 0 aliphatic carbocycles. The number of aromatic nitrogens is 2. The summed E-state index contributed by atoms with van der Waals surface area (Å²) in [5, 5.41) is 9.74. The summed E-state index contributed by atoms with van der Waals surface area (Å²) in [7, 11) is 0. The molecular formula is C16H23N3O2. The van der Waals surface area contributed by atoms with Crippen LogP contribution in [0.2, 0.25) is 0 Å². The molecule has 0 saturated carbocycles. The van der Waals surface area contributed by atoms with Crippen molar-refractivity contribution in [2.45, 2.75) is 38.3 Å². The van der Waals surface area contributed by atoms with Gasteiger partial charge < -0.3 is 15.0 Å². The predicted octanol–water partition coefficient (Wildman–Crippen LogP) is 1.74. The highest BCUT2D eigenvalue weighted by Gasteiger charge is 2.24. The highest BCUT2D eigenvalue weighted by atomic mass is 16.3. The number of likely N-dealkylation sites (tertiary alicyclic amines) is 1. The van der Waals surface area contributed by atoms with Crippen LogP contribution in [0.15, 0.2) is 29.1 Å². The molecule has 0 bridgehead atoms. The molecule has 114 valence electrons. The van der Waals surface area contributed by atoms with Crippen LogP contribution in [-0.2, 0) is 0 Å². The Kier molecular flexibility index (Phi) is 4.12. The van der Waals surface area contributed by atoms with Crippen molar-refractivity contribution in [1.29, 1.82) is 0 Å². The number of imidazole rings is 1. The Labute approximate surface area is 124 Å². The van der Waals surface area contributed by atoms with Gasteiger partial charge in [0.2, 0.25) is 0 Å². The fourth-order valence-electron chi connectivity index (χ4n) is 3.22.